The van der Waals surface area contributed by atoms with Gasteiger partial charge < -0.3 is 0 Å². The number of aromatic nitrogens is 3. The minimum absolute atomic E-state index is 0.0148. The average molecular weight is 602 g/mol. The zero-order chi connectivity index (χ0) is 31.5. The molecule has 0 unspecified atom stereocenters. The topological polar surface area (TPSA) is 38.7 Å². The summed E-state index contributed by atoms with van der Waals surface area (Å²) in [6.07, 6.45) is 3.74. The van der Waals surface area contributed by atoms with E-state index in [9.17, 15) is 0 Å². The number of hydrogen-bond donors (Lipinski definition) is 0. The maximum atomic E-state index is 5.18. The first-order valence-electron chi connectivity index (χ1n) is 16.1. The van der Waals surface area contributed by atoms with E-state index in [2.05, 4.69) is 134 Å². The third-order valence-corrected chi connectivity index (χ3v) is 9.79. The average Bonchev–Trinajstić information content (AvgIpc) is 3.36. The van der Waals surface area contributed by atoms with Crippen LogP contribution in [0.4, 0.5) is 0 Å². The Hall–Kier alpha value is -5.93. The van der Waals surface area contributed by atoms with Gasteiger partial charge in [-0.3, -0.25) is 4.98 Å². The molecule has 0 N–H and O–H groups in total. The maximum Gasteiger partial charge on any atom is 0.160 e. The highest BCUT2D eigenvalue weighted by Crippen LogP contribution is 2.50. The van der Waals surface area contributed by atoms with Crippen molar-refractivity contribution in [3.8, 4) is 56.2 Å². The first kappa shape index (κ1) is 27.4. The lowest BCUT2D eigenvalue weighted by Crippen LogP contribution is -2.14. The number of nitrogens with zero attached hydrogens (tertiary/aromatic N) is 3. The molecular formula is C44H31N3. The summed E-state index contributed by atoms with van der Waals surface area (Å²) < 4.78 is 0. The fraction of sp³-hybridized carbons (Fsp3) is 0.0682. The minimum atomic E-state index is -0.0148. The van der Waals surface area contributed by atoms with E-state index in [1.807, 2.05) is 36.7 Å². The summed E-state index contributed by atoms with van der Waals surface area (Å²) in [4.78, 5) is 14.6. The van der Waals surface area contributed by atoms with E-state index in [-0.39, 0.29) is 5.41 Å². The Labute approximate surface area is 274 Å². The minimum Gasteiger partial charge on any atom is -0.264 e. The highest BCUT2D eigenvalue weighted by molar-refractivity contribution is 6.05. The van der Waals surface area contributed by atoms with Gasteiger partial charge in [-0.15, -0.1) is 0 Å². The maximum absolute atomic E-state index is 5.18. The molecule has 0 atom stereocenters. The Morgan fingerprint density at radius 3 is 2.02 bits per heavy atom. The predicted molar refractivity (Wildman–Crippen MR) is 194 cm³/mol. The van der Waals surface area contributed by atoms with Gasteiger partial charge in [0.25, 0.3) is 0 Å². The van der Waals surface area contributed by atoms with Crippen molar-refractivity contribution in [3.63, 3.8) is 0 Å². The van der Waals surface area contributed by atoms with Gasteiger partial charge in [-0.25, -0.2) is 9.97 Å². The van der Waals surface area contributed by atoms with Crippen LogP contribution in [0, 0.1) is 0 Å². The summed E-state index contributed by atoms with van der Waals surface area (Å²) in [5, 5.41) is 4.61. The standard InChI is InChI=1S/C44H31N3/c1-44(2)39-15-9-8-14-36(39)38-25-30(18-21-40(38)44)33-19-20-37(35-13-7-6-12-34(33)35)42-26-41(46-43(47-42)29-10-4-3-5-11-29)31-17-16-28-22-23-45-27-32(28)24-31/h3-27H,1-2H3. The van der Waals surface area contributed by atoms with Gasteiger partial charge in [0, 0.05) is 39.9 Å². The second-order valence-electron chi connectivity index (χ2n) is 12.9. The summed E-state index contributed by atoms with van der Waals surface area (Å²) in [6.45, 7) is 4.66. The summed E-state index contributed by atoms with van der Waals surface area (Å²) in [5.74, 6) is 0.706. The van der Waals surface area contributed by atoms with E-state index < -0.39 is 0 Å². The highest BCUT2D eigenvalue weighted by Gasteiger charge is 2.35. The molecule has 0 spiro atoms. The monoisotopic (exact) mass is 601 g/mol. The molecule has 9 rings (SSSR count). The molecule has 3 heteroatoms. The molecule has 2 heterocycles. The SMILES string of the molecule is CC1(C)c2ccccc2-c2cc(-c3ccc(-c4cc(-c5ccc6ccncc6c5)nc(-c5ccccc5)n4)c4ccccc34)ccc21. The zero-order valence-corrected chi connectivity index (χ0v) is 26.3. The molecule has 222 valence electrons. The van der Waals surface area contributed by atoms with Gasteiger partial charge in [-0.2, -0.15) is 0 Å². The summed E-state index contributed by atoms with van der Waals surface area (Å²) >= 11 is 0. The lowest BCUT2D eigenvalue weighted by atomic mass is 9.82. The van der Waals surface area contributed by atoms with Crippen molar-refractivity contribution < 1.29 is 0 Å². The van der Waals surface area contributed by atoms with E-state index in [1.54, 1.807) is 0 Å². The summed E-state index contributed by atoms with van der Waals surface area (Å²) in [5.41, 5.74) is 12.7. The molecule has 0 radical (unpaired) electrons. The highest BCUT2D eigenvalue weighted by atomic mass is 14.9. The van der Waals surface area contributed by atoms with Crippen LogP contribution in [0.25, 0.3) is 77.7 Å². The fourth-order valence-corrected chi connectivity index (χ4v) is 7.36. The molecule has 0 amide bonds. The second-order valence-corrected chi connectivity index (χ2v) is 12.9. The Bertz CT molecular complexity index is 2490. The Kier molecular flexibility index (Phi) is 6.16. The van der Waals surface area contributed by atoms with Crippen LogP contribution in [0.15, 0.2) is 152 Å². The normalized spacial score (nSPS) is 13.1. The van der Waals surface area contributed by atoms with Crippen molar-refractivity contribution in [1.82, 2.24) is 15.0 Å². The van der Waals surface area contributed by atoms with Gasteiger partial charge in [0.1, 0.15) is 0 Å². The zero-order valence-electron chi connectivity index (χ0n) is 26.3. The van der Waals surface area contributed by atoms with Gasteiger partial charge in [0.05, 0.1) is 11.4 Å². The Morgan fingerprint density at radius 2 is 1.15 bits per heavy atom. The van der Waals surface area contributed by atoms with Gasteiger partial charge in [0.15, 0.2) is 5.82 Å². The largest absolute Gasteiger partial charge is 0.264 e. The predicted octanol–water partition coefficient (Wildman–Crippen LogP) is 11.2. The Morgan fingerprint density at radius 1 is 0.447 bits per heavy atom. The summed E-state index contributed by atoms with van der Waals surface area (Å²) in [6, 6.07) is 49.9. The van der Waals surface area contributed by atoms with Gasteiger partial charge >= 0.3 is 0 Å². The smallest absolute Gasteiger partial charge is 0.160 e. The molecule has 8 aromatic rings. The van der Waals surface area contributed by atoms with Gasteiger partial charge in [0.2, 0.25) is 0 Å². The van der Waals surface area contributed by atoms with Gasteiger partial charge in [-0.1, -0.05) is 129 Å². The molecule has 6 aromatic carbocycles. The van der Waals surface area contributed by atoms with E-state index in [4.69, 9.17) is 9.97 Å². The molecular weight excluding hydrogens is 571 g/mol. The molecule has 0 aliphatic heterocycles. The number of hydrogen-bond acceptors (Lipinski definition) is 3. The molecule has 0 saturated carbocycles. The second kappa shape index (κ2) is 10.6. The Balaban J connectivity index is 1.22. The van der Waals surface area contributed by atoms with Crippen LogP contribution in [-0.2, 0) is 5.41 Å². The lowest BCUT2D eigenvalue weighted by molar-refractivity contribution is 0.660. The summed E-state index contributed by atoms with van der Waals surface area (Å²) in [7, 11) is 0. The molecule has 47 heavy (non-hydrogen) atoms. The quantitative estimate of drug-likeness (QED) is 0.201. The number of pyridine rings is 1. The third kappa shape index (κ3) is 4.46. The first-order chi connectivity index (χ1) is 23.0. The molecule has 0 bridgehead atoms. The van der Waals surface area contributed by atoms with Gasteiger partial charge in [-0.05, 0) is 73.8 Å². The molecule has 0 saturated heterocycles. The van der Waals surface area contributed by atoms with Crippen molar-refractivity contribution in [3.05, 3.63) is 163 Å². The molecule has 1 aliphatic rings. The molecule has 3 nitrogen and oxygen atoms in total. The van der Waals surface area contributed by atoms with Crippen molar-refractivity contribution >= 4 is 21.5 Å². The van der Waals surface area contributed by atoms with Crippen LogP contribution in [-0.4, -0.2) is 15.0 Å². The van der Waals surface area contributed by atoms with Crippen molar-refractivity contribution in [2.75, 3.05) is 0 Å². The first-order valence-corrected chi connectivity index (χ1v) is 16.1. The van der Waals surface area contributed by atoms with Crippen LogP contribution >= 0.6 is 0 Å². The lowest BCUT2D eigenvalue weighted by Gasteiger charge is -2.21. The number of fused-ring (bicyclic) bond motifs is 5. The van der Waals surface area contributed by atoms with Crippen molar-refractivity contribution in [2.45, 2.75) is 19.3 Å². The fourth-order valence-electron chi connectivity index (χ4n) is 7.36. The van der Waals surface area contributed by atoms with E-state index in [0.717, 1.165) is 44.2 Å². The molecule has 1 aliphatic carbocycles. The van der Waals surface area contributed by atoms with Crippen LogP contribution in [0.3, 0.4) is 0 Å². The van der Waals surface area contributed by atoms with E-state index in [1.165, 1.54) is 38.8 Å². The number of rotatable bonds is 4. The van der Waals surface area contributed by atoms with Crippen LogP contribution in [0.5, 0.6) is 0 Å². The van der Waals surface area contributed by atoms with Crippen LogP contribution < -0.4 is 0 Å². The van der Waals surface area contributed by atoms with E-state index in [0.29, 0.717) is 5.82 Å². The van der Waals surface area contributed by atoms with Crippen molar-refractivity contribution in [2.24, 2.45) is 0 Å². The molecule has 2 aromatic heterocycles. The number of benzene rings is 6. The van der Waals surface area contributed by atoms with Crippen LogP contribution in [0.1, 0.15) is 25.0 Å². The third-order valence-electron chi connectivity index (χ3n) is 9.79. The van der Waals surface area contributed by atoms with E-state index >= 15 is 0 Å². The van der Waals surface area contributed by atoms with Crippen LogP contribution in [0.2, 0.25) is 0 Å². The molecule has 0 fully saturated rings. The van der Waals surface area contributed by atoms with Crippen molar-refractivity contribution in [1.29, 1.82) is 0 Å².